The molecule has 1 saturated carbocycles. The van der Waals surface area contributed by atoms with Gasteiger partial charge in [0.25, 0.3) is 11.6 Å². The van der Waals surface area contributed by atoms with Crippen LogP contribution >= 0.6 is 11.8 Å². The normalized spacial score (nSPS) is 15.3. The predicted molar refractivity (Wildman–Crippen MR) is 103 cm³/mol. The number of thioether (sulfide) groups is 1. The minimum Gasteiger partial charge on any atom is -0.495 e. The Bertz CT molecular complexity index is 631. The summed E-state index contributed by atoms with van der Waals surface area (Å²) in [6, 6.07) is 3.34. The van der Waals surface area contributed by atoms with Crippen LogP contribution in [0.1, 0.15) is 48.9 Å². The third-order valence-corrected chi connectivity index (χ3v) is 5.40. The summed E-state index contributed by atoms with van der Waals surface area (Å²) in [4.78, 5) is 23.9. The Balaban J connectivity index is 1.96. The van der Waals surface area contributed by atoms with Crippen LogP contribution in [0.2, 0.25) is 0 Å². The summed E-state index contributed by atoms with van der Waals surface area (Å²) in [6.07, 6.45) is 9.28. The number of nitro benzene ring substituents is 1. The van der Waals surface area contributed by atoms with E-state index in [0.717, 1.165) is 0 Å². The maximum atomic E-state index is 12.5. The monoisotopic (exact) mass is 381 g/mol. The number of carbonyl (C=O) groups excluding carboxylic acids is 1. The SMILES string of the molecule is COc1cc([N+](=O)[O-])c(C(=O)NCCNC2CCCCCC2)cc1SC. The lowest BCUT2D eigenvalue weighted by Gasteiger charge is -2.16. The molecular formula is C18H27N3O4S. The Morgan fingerprint density at radius 3 is 2.54 bits per heavy atom. The average Bonchev–Trinajstić information content (AvgIpc) is 2.92. The lowest BCUT2D eigenvalue weighted by atomic mass is 10.1. The maximum absolute atomic E-state index is 12.5. The molecule has 7 nitrogen and oxygen atoms in total. The Labute approximate surface area is 158 Å². The second-order valence-electron chi connectivity index (χ2n) is 6.38. The molecule has 0 bridgehead atoms. The number of nitrogens with one attached hydrogen (secondary N) is 2. The Morgan fingerprint density at radius 1 is 1.27 bits per heavy atom. The Kier molecular flexibility index (Phi) is 8.18. The summed E-state index contributed by atoms with van der Waals surface area (Å²) in [7, 11) is 1.46. The van der Waals surface area contributed by atoms with Crippen molar-refractivity contribution in [2.45, 2.75) is 49.5 Å². The van der Waals surface area contributed by atoms with E-state index >= 15 is 0 Å². The molecule has 1 fully saturated rings. The van der Waals surface area contributed by atoms with Gasteiger partial charge in [0.1, 0.15) is 11.3 Å². The van der Waals surface area contributed by atoms with Gasteiger partial charge in [-0.15, -0.1) is 11.8 Å². The quantitative estimate of drug-likeness (QED) is 0.236. The van der Waals surface area contributed by atoms with E-state index in [1.54, 1.807) is 0 Å². The summed E-state index contributed by atoms with van der Waals surface area (Å²) in [5, 5.41) is 17.6. The molecule has 1 amide bonds. The second-order valence-corrected chi connectivity index (χ2v) is 7.23. The van der Waals surface area contributed by atoms with E-state index in [4.69, 9.17) is 4.74 Å². The van der Waals surface area contributed by atoms with Crippen LogP contribution in [0.4, 0.5) is 5.69 Å². The largest absolute Gasteiger partial charge is 0.495 e. The Hall–Kier alpha value is -1.80. The summed E-state index contributed by atoms with van der Waals surface area (Å²) in [5.41, 5.74) is -0.177. The molecule has 1 aromatic rings. The number of amides is 1. The predicted octanol–water partition coefficient (Wildman–Crippen LogP) is 3.37. The molecule has 0 aromatic heterocycles. The van der Waals surface area contributed by atoms with Crippen molar-refractivity contribution in [2.75, 3.05) is 26.5 Å². The van der Waals surface area contributed by atoms with Crippen LogP contribution in [0, 0.1) is 10.1 Å². The summed E-state index contributed by atoms with van der Waals surface area (Å²) in [5.74, 6) is -0.0342. The number of rotatable bonds is 8. The van der Waals surface area contributed by atoms with E-state index in [1.807, 2.05) is 6.26 Å². The van der Waals surface area contributed by atoms with Gasteiger partial charge in [-0.25, -0.2) is 0 Å². The van der Waals surface area contributed by atoms with Gasteiger partial charge < -0.3 is 15.4 Å². The fourth-order valence-corrected chi connectivity index (χ4v) is 3.81. The number of benzene rings is 1. The topological polar surface area (TPSA) is 93.5 Å². The van der Waals surface area contributed by atoms with Crippen molar-refractivity contribution in [3.63, 3.8) is 0 Å². The van der Waals surface area contributed by atoms with Crippen molar-refractivity contribution in [1.82, 2.24) is 10.6 Å². The number of methoxy groups -OCH3 is 1. The molecule has 0 saturated heterocycles. The minimum absolute atomic E-state index is 0.0645. The number of carbonyl (C=O) groups is 1. The smallest absolute Gasteiger partial charge is 0.285 e. The van der Waals surface area contributed by atoms with Crippen molar-refractivity contribution in [3.8, 4) is 5.75 Å². The third-order valence-electron chi connectivity index (χ3n) is 4.64. The highest BCUT2D eigenvalue weighted by molar-refractivity contribution is 7.98. The van der Waals surface area contributed by atoms with Crippen LogP contribution in [0.25, 0.3) is 0 Å². The van der Waals surface area contributed by atoms with Gasteiger partial charge in [-0.1, -0.05) is 25.7 Å². The zero-order valence-electron chi connectivity index (χ0n) is 15.4. The number of hydrogen-bond donors (Lipinski definition) is 2. The van der Waals surface area contributed by atoms with E-state index in [2.05, 4.69) is 10.6 Å². The molecule has 0 unspecified atom stereocenters. The van der Waals surface area contributed by atoms with Crippen LogP contribution in [0.3, 0.4) is 0 Å². The first-order valence-electron chi connectivity index (χ1n) is 8.98. The van der Waals surface area contributed by atoms with Crippen molar-refractivity contribution < 1.29 is 14.5 Å². The van der Waals surface area contributed by atoms with Gasteiger partial charge in [0.05, 0.1) is 23.0 Å². The Morgan fingerprint density at radius 2 is 1.96 bits per heavy atom. The van der Waals surface area contributed by atoms with Crippen molar-refractivity contribution in [1.29, 1.82) is 0 Å². The molecule has 2 N–H and O–H groups in total. The summed E-state index contributed by atoms with van der Waals surface area (Å²) < 4.78 is 5.17. The molecule has 0 spiro atoms. The molecule has 2 rings (SSSR count). The second kappa shape index (κ2) is 10.4. The van der Waals surface area contributed by atoms with E-state index < -0.39 is 10.8 Å². The fourth-order valence-electron chi connectivity index (χ4n) is 3.23. The molecule has 0 heterocycles. The highest BCUT2D eigenvalue weighted by Gasteiger charge is 2.23. The first-order valence-corrected chi connectivity index (χ1v) is 10.2. The molecule has 8 heteroatoms. The van der Waals surface area contributed by atoms with Gasteiger partial charge in [-0.2, -0.15) is 0 Å². The average molecular weight is 381 g/mol. The molecule has 0 radical (unpaired) electrons. The lowest BCUT2D eigenvalue weighted by molar-refractivity contribution is -0.385. The lowest BCUT2D eigenvalue weighted by Crippen LogP contribution is -2.37. The molecule has 1 aromatic carbocycles. The van der Waals surface area contributed by atoms with Gasteiger partial charge in [-0.3, -0.25) is 14.9 Å². The van der Waals surface area contributed by atoms with E-state index in [0.29, 0.717) is 29.8 Å². The van der Waals surface area contributed by atoms with E-state index in [9.17, 15) is 14.9 Å². The first-order chi connectivity index (χ1) is 12.6. The van der Waals surface area contributed by atoms with Crippen LogP contribution in [-0.4, -0.2) is 43.3 Å². The summed E-state index contributed by atoms with van der Waals surface area (Å²) in [6.45, 7) is 1.10. The fraction of sp³-hybridized carbons (Fsp3) is 0.611. The standard InChI is InChI=1S/C18H27N3O4S/c1-25-16-12-15(21(23)24)14(11-17(16)26-2)18(22)20-10-9-19-13-7-5-3-4-6-8-13/h11-13,19H,3-10H2,1-2H3,(H,20,22). The van der Waals surface area contributed by atoms with Crippen LogP contribution in [0.15, 0.2) is 17.0 Å². The van der Waals surface area contributed by atoms with Gasteiger partial charge in [-0.05, 0) is 25.2 Å². The van der Waals surface area contributed by atoms with Crippen molar-refractivity contribution in [2.24, 2.45) is 0 Å². The van der Waals surface area contributed by atoms with E-state index in [1.165, 1.54) is 69.5 Å². The number of nitrogens with zero attached hydrogens (tertiary/aromatic N) is 1. The van der Waals surface area contributed by atoms with Gasteiger partial charge in [0, 0.05) is 19.1 Å². The van der Waals surface area contributed by atoms with E-state index in [-0.39, 0.29) is 11.3 Å². The van der Waals surface area contributed by atoms with Crippen LogP contribution in [0.5, 0.6) is 5.75 Å². The minimum atomic E-state index is -0.550. The molecule has 1 aliphatic carbocycles. The van der Waals surface area contributed by atoms with Crippen molar-refractivity contribution in [3.05, 3.63) is 27.8 Å². The molecule has 26 heavy (non-hydrogen) atoms. The van der Waals surface area contributed by atoms with Gasteiger partial charge in [0.2, 0.25) is 0 Å². The maximum Gasteiger partial charge on any atom is 0.285 e. The first kappa shape index (κ1) is 20.5. The zero-order valence-corrected chi connectivity index (χ0v) is 16.2. The van der Waals surface area contributed by atoms with Crippen LogP contribution < -0.4 is 15.4 Å². The summed E-state index contributed by atoms with van der Waals surface area (Å²) >= 11 is 1.38. The third kappa shape index (κ3) is 5.60. The highest BCUT2D eigenvalue weighted by atomic mass is 32.2. The number of hydrogen-bond acceptors (Lipinski definition) is 6. The molecule has 144 valence electrons. The highest BCUT2D eigenvalue weighted by Crippen LogP contribution is 2.34. The van der Waals surface area contributed by atoms with Crippen molar-refractivity contribution >= 4 is 23.4 Å². The molecular weight excluding hydrogens is 354 g/mol. The molecule has 0 aliphatic heterocycles. The zero-order chi connectivity index (χ0) is 18.9. The van der Waals surface area contributed by atoms with Gasteiger partial charge >= 0.3 is 0 Å². The van der Waals surface area contributed by atoms with Crippen LogP contribution in [-0.2, 0) is 0 Å². The van der Waals surface area contributed by atoms with Gasteiger partial charge in [0.15, 0.2) is 0 Å². The number of nitro groups is 1. The molecule has 1 aliphatic rings. The molecule has 0 atom stereocenters. The number of ether oxygens (including phenoxy) is 1.